The van der Waals surface area contributed by atoms with Crippen molar-refractivity contribution >= 4 is 12.1 Å². The van der Waals surface area contributed by atoms with Gasteiger partial charge in [-0.05, 0) is 31.3 Å². The Labute approximate surface area is 104 Å². The van der Waals surface area contributed by atoms with Crippen LogP contribution in [0, 0.1) is 0 Å². The van der Waals surface area contributed by atoms with Gasteiger partial charge in [0.25, 0.3) is 0 Å². The fourth-order valence-corrected chi connectivity index (χ4v) is 1.16. The van der Waals surface area contributed by atoms with Crippen molar-refractivity contribution in [3.63, 3.8) is 0 Å². The van der Waals surface area contributed by atoms with E-state index >= 15 is 0 Å². The highest BCUT2D eigenvalue weighted by atomic mass is 16.5. The van der Waals surface area contributed by atoms with Gasteiger partial charge in [0.1, 0.15) is 6.04 Å². The maximum Gasteiger partial charge on any atom is 0.407 e. The summed E-state index contributed by atoms with van der Waals surface area (Å²) < 4.78 is 4.63. The molecular weight excluding hydrogens is 242 g/mol. The molecule has 0 aliphatic carbocycles. The zero-order valence-electron chi connectivity index (χ0n) is 9.91. The fraction of sp³-hybridized carbons (Fsp3) is 0.778. The number of nitrogens with two attached hydrogens (primary N) is 1. The molecule has 18 heavy (non-hydrogen) atoms. The number of alkyl carbamates (subject to hydrolysis) is 1. The largest absolute Gasteiger partial charge is 0.480 e. The molecule has 0 aliphatic rings. The maximum atomic E-state index is 11.2. The van der Waals surface area contributed by atoms with Crippen molar-refractivity contribution in [2.45, 2.75) is 25.3 Å². The number of amides is 1. The van der Waals surface area contributed by atoms with Gasteiger partial charge in [-0.1, -0.05) is 5.11 Å². The number of nitrogens with one attached hydrogen (secondary N) is 1. The molecule has 1 atom stereocenters. The number of aliphatic carboxylic acids is 1. The van der Waals surface area contributed by atoms with Crippen molar-refractivity contribution in [3.05, 3.63) is 10.4 Å². The number of rotatable bonds is 9. The number of azide groups is 1. The van der Waals surface area contributed by atoms with Crippen molar-refractivity contribution in [2.24, 2.45) is 10.8 Å². The lowest BCUT2D eigenvalue weighted by molar-refractivity contribution is -0.139. The molecule has 9 heteroatoms. The van der Waals surface area contributed by atoms with Gasteiger partial charge >= 0.3 is 12.1 Å². The fourth-order valence-electron chi connectivity index (χ4n) is 1.16. The SMILES string of the molecule is [N-]=[N+]=NCCOC(=O)N[C@H](CCCCN)C(=O)O. The first-order chi connectivity index (χ1) is 8.61. The average molecular weight is 259 g/mol. The predicted molar refractivity (Wildman–Crippen MR) is 62.8 cm³/mol. The topological polar surface area (TPSA) is 150 Å². The highest BCUT2D eigenvalue weighted by Gasteiger charge is 2.19. The van der Waals surface area contributed by atoms with E-state index in [-0.39, 0.29) is 19.6 Å². The van der Waals surface area contributed by atoms with Crippen molar-refractivity contribution in [3.8, 4) is 0 Å². The van der Waals surface area contributed by atoms with Crippen LogP contribution in [0.4, 0.5) is 4.79 Å². The smallest absolute Gasteiger partial charge is 0.407 e. The van der Waals surface area contributed by atoms with E-state index < -0.39 is 18.1 Å². The molecule has 0 fully saturated rings. The Morgan fingerprint density at radius 1 is 1.50 bits per heavy atom. The average Bonchev–Trinajstić information content (AvgIpc) is 2.33. The lowest BCUT2D eigenvalue weighted by Crippen LogP contribution is -2.41. The summed E-state index contributed by atoms with van der Waals surface area (Å²) in [4.78, 5) is 24.5. The molecule has 0 saturated heterocycles. The third-order valence-corrected chi connectivity index (χ3v) is 2.02. The molecule has 0 aliphatic heterocycles. The van der Waals surface area contributed by atoms with Crippen LogP contribution in [0.1, 0.15) is 19.3 Å². The van der Waals surface area contributed by atoms with Crippen LogP contribution >= 0.6 is 0 Å². The highest BCUT2D eigenvalue weighted by molar-refractivity contribution is 5.79. The first-order valence-corrected chi connectivity index (χ1v) is 5.48. The molecular formula is C9H17N5O4. The summed E-state index contributed by atoms with van der Waals surface area (Å²) in [6.07, 6.45) is 0.741. The van der Waals surface area contributed by atoms with E-state index in [4.69, 9.17) is 16.4 Å². The number of carboxylic acids is 1. The quantitative estimate of drug-likeness (QED) is 0.240. The Morgan fingerprint density at radius 2 is 2.22 bits per heavy atom. The molecule has 0 aromatic heterocycles. The Morgan fingerprint density at radius 3 is 2.78 bits per heavy atom. The maximum absolute atomic E-state index is 11.2. The molecule has 0 saturated carbocycles. The summed E-state index contributed by atoms with van der Waals surface area (Å²) in [6.45, 7) is 0.392. The van der Waals surface area contributed by atoms with Crippen molar-refractivity contribution in [1.29, 1.82) is 0 Å². The van der Waals surface area contributed by atoms with E-state index in [1.54, 1.807) is 0 Å². The Bertz CT molecular complexity index is 316. The molecule has 0 aromatic carbocycles. The summed E-state index contributed by atoms with van der Waals surface area (Å²) in [5, 5.41) is 14.2. The van der Waals surface area contributed by atoms with E-state index in [0.29, 0.717) is 19.4 Å². The zero-order chi connectivity index (χ0) is 13.8. The van der Waals surface area contributed by atoms with Gasteiger partial charge in [0.15, 0.2) is 0 Å². The molecule has 1 amide bonds. The summed E-state index contributed by atoms with van der Waals surface area (Å²) in [6, 6.07) is -0.997. The standard InChI is InChI=1S/C9H17N5O4/c10-4-2-1-3-7(8(15)16)13-9(17)18-6-5-12-14-11/h7H,1-6,10H2,(H,13,17)(H,15,16)/t7-/m1/s1. The minimum absolute atomic E-state index is 0.00876. The molecule has 0 rings (SSSR count). The molecule has 0 unspecified atom stereocenters. The summed E-state index contributed by atoms with van der Waals surface area (Å²) in [5.41, 5.74) is 13.3. The van der Waals surface area contributed by atoms with Gasteiger partial charge in [0.05, 0.1) is 13.2 Å². The normalized spacial score (nSPS) is 11.2. The lowest BCUT2D eigenvalue weighted by Gasteiger charge is -2.13. The molecule has 0 spiro atoms. The molecule has 0 bridgehead atoms. The summed E-state index contributed by atoms with van der Waals surface area (Å²) in [7, 11) is 0. The third kappa shape index (κ3) is 8.20. The minimum Gasteiger partial charge on any atom is -0.480 e. The van der Waals surface area contributed by atoms with Crippen LogP contribution < -0.4 is 11.1 Å². The van der Waals surface area contributed by atoms with Gasteiger partial charge in [0.2, 0.25) is 0 Å². The first kappa shape index (κ1) is 16.0. The number of hydrogen-bond donors (Lipinski definition) is 3. The second-order valence-corrected chi connectivity index (χ2v) is 3.41. The second kappa shape index (κ2) is 10.2. The lowest BCUT2D eigenvalue weighted by atomic mass is 10.1. The number of carbonyl (C=O) groups excluding carboxylic acids is 1. The van der Waals surface area contributed by atoms with Crippen LogP contribution in [-0.4, -0.2) is 42.9 Å². The monoisotopic (exact) mass is 259 g/mol. The Kier molecular flexibility index (Phi) is 9.06. The van der Waals surface area contributed by atoms with E-state index in [1.165, 1.54) is 0 Å². The van der Waals surface area contributed by atoms with Crippen molar-refractivity contribution in [1.82, 2.24) is 5.32 Å². The van der Waals surface area contributed by atoms with Crippen LogP contribution in [0.3, 0.4) is 0 Å². The number of ether oxygens (including phenoxy) is 1. The molecule has 0 heterocycles. The van der Waals surface area contributed by atoms with Crippen molar-refractivity contribution < 1.29 is 19.4 Å². The van der Waals surface area contributed by atoms with Gasteiger partial charge in [-0.15, -0.1) is 0 Å². The number of hydrogen-bond acceptors (Lipinski definition) is 5. The van der Waals surface area contributed by atoms with Gasteiger partial charge in [-0.3, -0.25) is 0 Å². The molecule has 9 nitrogen and oxygen atoms in total. The van der Waals surface area contributed by atoms with Gasteiger partial charge in [-0.2, -0.15) is 0 Å². The second-order valence-electron chi connectivity index (χ2n) is 3.41. The number of unbranched alkanes of at least 4 members (excludes halogenated alkanes) is 1. The van der Waals surface area contributed by atoms with Gasteiger partial charge < -0.3 is 20.9 Å². The van der Waals surface area contributed by atoms with E-state index in [2.05, 4.69) is 20.1 Å². The molecule has 4 N–H and O–H groups in total. The van der Waals surface area contributed by atoms with Crippen LogP contribution in [-0.2, 0) is 9.53 Å². The van der Waals surface area contributed by atoms with E-state index in [9.17, 15) is 9.59 Å². The Balaban J connectivity index is 3.95. The number of nitrogens with zero attached hydrogens (tertiary/aromatic N) is 3. The summed E-state index contributed by atoms with van der Waals surface area (Å²) in [5.74, 6) is -1.13. The molecule has 0 aromatic rings. The van der Waals surface area contributed by atoms with Crippen LogP contribution in [0.2, 0.25) is 0 Å². The third-order valence-electron chi connectivity index (χ3n) is 2.02. The van der Waals surface area contributed by atoms with Gasteiger partial charge in [0, 0.05) is 4.91 Å². The van der Waals surface area contributed by atoms with Crippen LogP contribution in [0.5, 0.6) is 0 Å². The predicted octanol–water partition coefficient (Wildman–Crippen LogP) is 0.605. The molecule has 102 valence electrons. The van der Waals surface area contributed by atoms with Gasteiger partial charge in [-0.25, -0.2) is 9.59 Å². The van der Waals surface area contributed by atoms with Crippen molar-refractivity contribution in [2.75, 3.05) is 19.7 Å². The highest BCUT2D eigenvalue weighted by Crippen LogP contribution is 2.01. The zero-order valence-corrected chi connectivity index (χ0v) is 9.91. The Hall–Kier alpha value is -1.99. The van der Waals surface area contributed by atoms with Crippen LogP contribution in [0.15, 0.2) is 5.11 Å². The molecule has 0 radical (unpaired) electrons. The number of carboxylic acid groups (broad SMARTS) is 1. The minimum atomic E-state index is -1.13. The van der Waals surface area contributed by atoms with E-state index in [0.717, 1.165) is 0 Å². The number of carbonyl (C=O) groups is 2. The summed E-state index contributed by atoms with van der Waals surface area (Å²) >= 11 is 0. The van der Waals surface area contributed by atoms with E-state index in [1.807, 2.05) is 0 Å². The van der Waals surface area contributed by atoms with Crippen LogP contribution in [0.25, 0.3) is 10.4 Å². The first-order valence-electron chi connectivity index (χ1n) is 5.48.